The molecule has 3 fully saturated rings. The quantitative estimate of drug-likeness (QED) is 0.583. The van der Waals surface area contributed by atoms with Gasteiger partial charge in [0, 0.05) is 62.3 Å². The van der Waals surface area contributed by atoms with Gasteiger partial charge in [0.25, 0.3) is 0 Å². The van der Waals surface area contributed by atoms with E-state index in [4.69, 9.17) is 9.47 Å². The second-order valence-electron chi connectivity index (χ2n) is 9.72. The van der Waals surface area contributed by atoms with E-state index < -0.39 is 17.2 Å². The fourth-order valence-electron chi connectivity index (χ4n) is 6.00. The number of carbonyl (C=O) groups is 1. The summed E-state index contributed by atoms with van der Waals surface area (Å²) in [6, 6.07) is 2.82. The highest BCUT2D eigenvalue weighted by atomic mass is 32.2. The molecule has 0 aromatic rings. The molecule has 0 aromatic carbocycles. The summed E-state index contributed by atoms with van der Waals surface area (Å²) in [5.74, 6) is 3.19. The van der Waals surface area contributed by atoms with Crippen LogP contribution >= 0.6 is 11.8 Å². The Hall–Kier alpha value is -1.67. The van der Waals surface area contributed by atoms with Crippen molar-refractivity contribution in [2.75, 3.05) is 39.2 Å². The Labute approximate surface area is 202 Å². The molecule has 0 radical (unpaired) electrons. The number of fused-ring (bicyclic) bond motifs is 1. The summed E-state index contributed by atoms with van der Waals surface area (Å²) < 4.78 is 51.1. The van der Waals surface area contributed by atoms with Crippen molar-refractivity contribution in [1.82, 2.24) is 15.5 Å². The number of amides is 1. The van der Waals surface area contributed by atoms with E-state index in [-0.39, 0.29) is 35.9 Å². The number of rotatable bonds is 4. The summed E-state index contributed by atoms with van der Waals surface area (Å²) in [4.78, 5) is 15.7. The Morgan fingerprint density at radius 1 is 1.44 bits per heavy atom. The molecule has 1 amide bonds. The average molecular weight is 498 g/mol. The van der Waals surface area contributed by atoms with Crippen molar-refractivity contribution in [3.63, 3.8) is 0 Å². The van der Waals surface area contributed by atoms with Gasteiger partial charge in [-0.2, -0.15) is 24.9 Å². The van der Waals surface area contributed by atoms with Crippen molar-refractivity contribution in [2.24, 2.45) is 5.41 Å². The molecule has 0 aromatic heterocycles. The number of allylic oxidation sites excluding steroid dienone is 1. The lowest BCUT2D eigenvalue weighted by atomic mass is 9.80. The lowest BCUT2D eigenvalue weighted by Crippen LogP contribution is -2.51. The SMILES string of the molecule is COC1COCCC1N[C@@H]1C[C@H]2SCC[C@@]2(C(=O)N2CCC3=C(C=C(C(F)(F)F)C#CN3)C2)C1. The average Bonchev–Trinajstić information content (AvgIpc) is 3.27. The zero-order valence-corrected chi connectivity index (χ0v) is 20.0. The Bertz CT molecular complexity index is 957. The van der Waals surface area contributed by atoms with E-state index in [1.54, 1.807) is 12.0 Å². The lowest BCUT2D eigenvalue weighted by Gasteiger charge is -2.37. The van der Waals surface area contributed by atoms with E-state index in [9.17, 15) is 18.0 Å². The van der Waals surface area contributed by atoms with E-state index in [1.807, 2.05) is 11.8 Å². The molecule has 2 unspecified atom stereocenters. The van der Waals surface area contributed by atoms with Crippen LogP contribution in [0.15, 0.2) is 22.9 Å². The van der Waals surface area contributed by atoms with Crippen molar-refractivity contribution < 1.29 is 27.4 Å². The zero-order valence-electron chi connectivity index (χ0n) is 19.2. The van der Waals surface area contributed by atoms with Crippen molar-refractivity contribution in [3.05, 3.63) is 22.9 Å². The van der Waals surface area contributed by atoms with Gasteiger partial charge in [-0.15, -0.1) is 0 Å². The van der Waals surface area contributed by atoms with Gasteiger partial charge in [0.05, 0.1) is 18.1 Å². The van der Waals surface area contributed by atoms with Gasteiger partial charge in [-0.1, -0.05) is 0 Å². The van der Waals surface area contributed by atoms with Crippen LogP contribution < -0.4 is 10.6 Å². The highest BCUT2D eigenvalue weighted by molar-refractivity contribution is 8.00. The fourth-order valence-corrected chi connectivity index (χ4v) is 7.77. The van der Waals surface area contributed by atoms with Crippen molar-refractivity contribution in [2.45, 2.75) is 61.7 Å². The van der Waals surface area contributed by atoms with Crippen LogP contribution in [-0.4, -0.2) is 79.6 Å². The van der Waals surface area contributed by atoms with E-state index in [0.29, 0.717) is 37.4 Å². The summed E-state index contributed by atoms with van der Waals surface area (Å²) >= 11 is 1.86. The first-order valence-electron chi connectivity index (χ1n) is 11.9. The third-order valence-electron chi connectivity index (χ3n) is 7.78. The summed E-state index contributed by atoms with van der Waals surface area (Å²) in [7, 11) is 1.70. The number of hydrogen-bond acceptors (Lipinski definition) is 6. The molecule has 5 rings (SSSR count). The van der Waals surface area contributed by atoms with Gasteiger partial charge < -0.3 is 25.0 Å². The van der Waals surface area contributed by atoms with Crippen LogP contribution in [0.1, 0.15) is 32.1 Å². The molecule has 2 saturated heterocycles. The molecule has 34 heavy (non-hydrogen) atoms. The van der Waals surface area contributed by atoms with Gasteiger partial charge in [-0.05, 0) is 49.0 Å². The molecule has 4 heterocycles. The molecule has 5 aliphatic rings. The highest BCUT2D eigenvalue weighted by Crippen LogP contribution is 2.55. The number of carbonyl (C=O) groups excluding carboxylic acids is 1. The number of alkyl halides is 3. The van der Waals surface area contributed by atoms with Crippen LogP contribution in [0.3, 0.4) is 0 Å². The standard InChI is InChI=1S/C24H30F3N3O3S/c1-32-20-14-33-8-4-19(20)29-17-11-21-23(12-17,5-9-34-21)22(31)30-7-3-18-15(13-30)10-16(2-6-28-18)24(25,26)27/h10,17,19-21,28-29H,3-5,7-9,11-14H2,1H3/t17-,19?,20?,21-,23-/m1/s1. The third kappa shape index (κ3) is 4.48. The lowest BCUT2D eigenvalue weighted by molar-refractivity contribution is -0.141. The number of halogens is 3. The zero-order chi connectivity index (χ0) is 23.9. The van der Waals surface area contributed by atoms with E-state index >= 15 is 0 Å². The molecule has 6 nitrogen and oxygen atoms in total. The molecule has 186 valence electrons. The topological polar surface area (TPSA) is 62.8 Å². The number of methoxy groups -OCH3 is 1. The van der Waals surface area contributed by atoms with Crippen LogP contribution in [0.25, 0.3) is 0 Å². The van der Waals surface area contributed by atoms with Gasteiger partial charge >= 0.3 is 6.18 Å². The minimum atomic E-state index is -4.51. The molecule has 1 aliphatic carbocycles. The van der Waals surface area contributed by atoms with Gasteiger partial charge in [-0.3, -0.25) is 4.79 Å². The minimum absolute atomic E-state index is 0.000480. The third-order valence-corrected chi connectivity index (χ3v) is 9.26. The molecule has 2 N–H and O–H groups in total. The summed E-state index contributed by atoms with van der Waals surface area (Å²) in [5.41, 5.74) is -0.164. The molecule has 0 bridgehead atoms. The fraction of sp³-hybridized carbons (Fsp3) is 0.708. The highest BCUT2D eigenvalue weighted by Gasteiger charge is 2.57. The molecular weight excluding hydrogens is 467 g/mol. The maximum Gasteiger partial charge on any atom is 0.424 e. The van der Waals surface area contributed by atoms with Gasteiger partial charge in [0.15, 0.2) is 0 Å². The van der Waals surface area contributed by atoms with Crippen LogP contribution in [0.4, 0.5) is 13.2 Å². The Morgan fingerprint density at radius 3 is 3.09 bits per heavy atom. The second kappa shape index (κ2) is 9.41. The molecule has 5 atom stereocenters. The van der Waals surface area contributed by atoms with Gasteiger partial charge in [0.1, 0.15) is 5.57 Å². The summed E-state index contributed by atoms with van der Waals surface area (Å²) in [5, 5.41) is 6.79. The van der Waals surface area contributed by atoms with Crippen molar-refractivity contribution in [3.8, 4) is 12.0 Å². The Balaban J connectivity index is 1.31. The van der Waals surface area contributed by atoms with Crippen molar-refractivity contribution >= 4 is 17.7 Å². The van der Waals surface area contributed by atoms with E-state index in [0.717, 1.165) is 37.5 Å². The number of nitrogens with zero attached hydrogens (tertiary/aromatic N) is 1. The monoisotopic (exact) mass is 497 g/mol. The second-order valence-corrected chi connectivity index (χ2v) is 11.0. The first-order valence-corrected chi connectivity index (χ1v) is 12.9. The van der Waals surface area contributed by atoms with Gasteiger partial charge in [0.2, 0.25) is 5.91 Å². The predicted octanol–water partition coefficient (Wildman–Crippen LogP) is 2.57. The minimum Gasteiger partial charge on any atom is -0.379 e. The summed E-state index contributed by atoms with van der Waals surface area (Å²) in [6.07, 6.45) is 0.433. The Morgan fingerprint density at radius 2 is 2.29 bits per heavy atom. The van der Waals surface area contributed by atoms with Crippen molar-refractivity contribution in [1.29, 1.82) is 0 Å². The molecule has 4 aliphatic heterocycles. The maximum atomic E-state index is 13.9. The number of ether oxygens (including phenoxy) is 2. The van der Waals surface area contributed by atoms with Crippen LogP contribution in [0, 0.1) is 17.4 Å². The van der Waals surface area contributed by atoms with E-state index in [2.05, 4.69) is 22.6 Å². The molecule has 1 saturated carbocycles. The molecule has 10 heteroatoms. The number of thioether (sulfide) groups is 1. The van der Waals surface area contributed by atoms with Gasteiger partial charge in [-0.25, -0.2) is 0 Å². The molecule has 0 spiro atoms. The number of hydrogen-bond donors (Lipinski definition) is 2. The van der Waals surface area contributed by atoms with Crippen LogP contribution in [0.5, 0.6) is 0 Å². The maximum absolute atomic E-state index is 13.9. The first-order chi connectivity index (χ1) is 16.3. The predicted molar refractivity (Wildman–Crippen MR) is 123 cm³/mol. The molecular formula is C24H30F3N3O3S. The van der Waals surface area contributed by atoms with Crippen LogP contribution in [-0.2, 0) is 14.3 Å². The Kier molecular flexibility index (Phi) is 6.66. The van der Waals surface area contributed by atoms with Crippen LogP contribution in [0.2, 0.25) is 0 Å². The summed E-state index contributed by atoms with van der Waals surface area (Å²) in [6.45, 7) is 1.93. The van der Waals surface area contributed by atoms with E-state index in [1.165, 1.54) is 0 Å². The number of nitrogens with one attached hydrogen (secondary N) is 2. The first kappa shape index (κ1) is 24.0. The smallest absolute Gasteiger partial charge is 0.379 e. The largest absolute Gasteiger partial charge is 0.424 e. The normalized spacial score (nSPS) is 35.5.